The first-order valence-corrected chi connectivity index (χ1v) is 6.24. The number of aliphatic hydroxyl groups excluding tert-OH is 1. The van der Waals surface area contributed by atoms with Gasteiger partial charge in [-0.3, -0.25) is 4.79 Å². The number of nitrogens with two attached hydrogens (primary N) is 1. The molecule has 1 fully saturated rings. The number of nitrogens with zero attached hydrogens (tertiary/aromatic N) is 1. The van der Waals surface area contributed by atoms with Gasteiger partial charge in [0.25, 0.3) is 0 Å². The lowest BCUT2D eigenvalue weighted by Gasteiger charge is -2.37. The van der Waals surface area contributed by atoms with Gasteiger partial charge in [0.05, 0.1) is 24.9 Å². The number of ether oxygens (including phenoxy) is 1. The Morgan fingerprint density at radius 3 is 2.71 bits per heavy atom. The largest absolute Gasteiger partial charge is 0.394 e. The van der Waals surface area contributed by atoms with Crippen molar-refractivity contribution in [3.63, 3.8) is 0 Å². The highest BCUT2D eigenvalue weighted by Gasteiger charge is 2.30. The van der Waals surface area contributed by atoms with Crippen LogP contribution in [0.2, 0.25) is 0 Å². The lowest BCUT2D eigenvalue weighted by atomic mass is 10.0. The van der Waals surface area contributed by atoms with E-state index in [-0.39, 0.29) is 24.7 Å². The second-order valence-corrected chi connectivity index (χ2v) is 5.23. The van der Waals surface area contributed by atoms with Gasteiger partial charge in [0.1, 0.15) is 0 Å². The summed E-state index contributed by atoms with van der Waals surface area (Å²) < 4.78 is 5.49. The van der Waals surface area contributed by atoms with E-state index in [1.807, 2.05) is 20.8 Å². The first kappa shape index (κ1) is 14.4. The Bertz CT molecular complexity index is 258. The SMILES string of the molecule is CC(C)C[C@@H](N)C(=O)N1CC(C)OC(CO)C1. The van der Waals surface area contributed by atoms with E-state index in [9.17, 15) is 4.79 Å². The second kappa shape index (κ2) is 6.33. The van der Waals surface area contributed by atoms with Crippen LogP contribution in [0.25, 0.3) is 0 Å². The molecule has 0 spiro atoms. The summed E-state index contributed by atoms with van der Waals surface area (Å²) in [5.41, 5.74) is 5.89. The Morgan fingerprint density at radius 2 is 2.18 bits per heavy atom. The number of aliphatic hydroxyl groups is 1. The number of carbonyl (C=O) groups excluding carboxylic acids is 1. The van der Waals surface area contributed by atoms with Crippen LogP contribution >= 0.6 is 0 Å². The highest BCUT2D eigenvalue weighted by Crippen LogP contribution is 2.13. The van der Waals surface area contributed by atoms with E-state index in [2.05, 4.69) is 0 Å². The van der Waals surface area contributed by atoms with Crippen molar-refractivity contribution < 1.29 is 14.6 Å². The lowest BCUT2D eigenvalue weighted by Crippen LogP contribution is -2.54. The molecule has 0 aromatic carbocycles. The normalized spacial score (nSPS) is 27.3. The topological polar surface area (TPSA) is 75.8 Å². The average Bonchev–Trinajstić information content (AvgIpc) is 2.26. The van der Waals surface area contributed by atoms with E-state index in [1.54, 1.807) is 4.90 Å². The molecule has 1 rings (SSSR count). The van der Waals surface area contributed by atoms with Crippen molar-refractivity contribution in [1.82, 2.24) is 4.90 Å². The lowest BCUT2D eigenvalue weighted by molar-refractivity contribution is -0.148. The van der Waals surface area contributed by atoms with Gasteiger partial charge in [0, 0.05) is 13.1 Å². The standard InChI is InChI=1S/C12H24N2O3/c1-8(2)4-11(13)12(16)14-5-9(3)17-10(6-14)7-15/h8-11,15H,4-7,13H2,1-3H3/t9?,10?,11-/m1/s1. The van der Waals surface area contributed by atoms with Gasteiger partial charge >= 0.3 is 0 Å². The van der Waals surface area contributed by atoms with Gasteiger partial charge in [0.2, 0.25) is 5.91 Å². The minimum atomic E-state index is -0.445. The van der Waals surface area contributed by atoms with Crippen LogP contribution in [0.4, 0.5) is 0 Å². The summed E-state index contributed by atoms with van der Waals surface area (Å²) in [6.45, 7) is 6.92. The molecule has 5 heteroatoms. The third kappa shape index (κ3) is 4.26. The Labute approximate surface area is 103 Å². The van der Waals surface area contributed by atoms with Gasteiger partial charge in [-0.1, -0.05) is 13.8 Å². The summed E-state index contributed by atoms with van der Waals surface area (Å²) >= 11 is 0. The number of carbonyl (C=O) groups is 1. The van der Waals surface area contributed by atoms with E-state index in [1.165, 1.54) is 0 Å². The van der Waals surface area contributed by atoms with Crippen LogP contribution in [0.5, 0.6) is 0 Å². The van der Waals surface area contributed by atoms with E-state index >= 15 is 0 Å². The molecular formula is C12H24N2O3. The average molecular weight is 244 g/mol. The molecular weight excluding hydrogens is 220 g/mol. The predicted molar refractivity (Wildman–Crippen MR) is 65.4 cm³/mol. The molecule has 0 aromatic rings. The molecule has 0 radical (unpaired) electrons. The first-order chi connectivity index (χ1) is 7.93. The fourth-order valence-electron chi connectivity index (χ4n) is 2.17. The molecule has 0 aromatic heterocycles. The first-order valence-electron chi connectivity index (χ1n) is 6.24. The van der Waals surface area contributed by atoms with E-state index in [0.717, 1.165) is 0 Å². The van der Waals surface area contributed by atoms with Crippen molar-refractivity contribution >= 4 is 5.91 Å². The number of morpholine rings is 1. The van der Waals surface area contributed by atoms with Crippen LogP contribution in [0.15, 0.2) is 0 Å². The van der Waals surface area contributed by atoms with Gasteiger partial charge < -0.3 is 20.5 Å². The summed E-state index contributed by atoms with van der Waals surface area (Å²) in [5.74, 6) is 0.369. The second-order valence-electron chi connectivity index (χ2n) is 5.23. The summed E-state index contributed by atoms with van der Waals surface area (Å²) in [6, 6.07) is -0.445. The molecule has 0 aliphatic carbocycles. The minimum Gasteiger partial charge on any atom is -0.394 e. The maximum atomic E-state index is 12.1. The fraction of sp³-hybridized carbons (Fsp3) is 0.917. The molecule has 2 unspecified atom stereocenters. The van der Waals surface area contributed by atoms with Crippen LogP contribution in [0.3, 0.4) is 0 Å². The van der Waals surface area contributed by atoms with Gasteiger partial charge in [-0.2, -0.15) is 0 Å². The molecule has 1 aliphatic heterocycles. The Morgan fingerprint density at radius 1 is 1.53 bits per heavy atom. The fourth-order valence-corrected chi connectivity index (χ4v) is 2.17. The van der Waals surface area contributed by atoms with E-state index in [0.29, 0.717) is 25.4 Å². The Hall–Kier alpha value is -0.650. The Kier molecular flexibility index (Phi) is 5.36. The molecule has 5 nitrogen and oxygen atoms in total. The summed E-state index contributed by atoms with van der Waals surface area (Å²) in [5, 5.41) is 9.10. The zero-order chi connectivity index (χ0) is 13.0. The Balaban J connectivity index is 2.55. The number of hydrogen-bond donors (Lipinski definition) is 2. The third-order valence-corrected chi connectivity index (χ3v) is 2.88. The zero-order valence-electron chi connectivity index (χ0n) is 10.9. The third-order valence-electron chi connectivity index (χ3n) is 2.88. The van der Waals surface area contributed by atoms with Crippen LogP contribution in [-0.2, 0) is 9.53 Å². The van der Waals surface area contributed by atoms with Crippen molar-refractivity contribution in [2.24, 2.45) is 11.7 Å². The number of amides is 1. The zero-order valence-corrected chi connectivity index (χ0v) is 10.9. The van der Waals surface area contributed by atoms with Crippen LogP contribution in [0, 0.1) is 5.92 Å². The molecule has 1 amide bonds. The molecule has 1 aliphatic rings. The maximum Gasteiger partial charge on any atom is 0.239 e. The number of rotatable bonds is 4. The summed E-state index contributed by atoms with van der Waals surface area (Å²) in [7, 11) is 0. The van der Waals surface area contributed by atoms with Crippen LogP contribution in [-0.4, -0.2) is 53.9 Å². The molecule has 0 saturated carbocycles. The van der Waals surface area contributed by atoms with E-state index in [4.69, 9.17) is 15.6 Å². The van der Waals surface area contributed by atoms with Crippen molar-refractivity contribution in [3.05, 3.63) is 0 Å². The molecule has 3 N–H and O–H groups in total. The molecule has 1 heterocycles. The summed E-state index contributed by atoms with van der Waals surface area (Å²) in [6.07, 6.45) is 0.360. The van der Waals surface area contributed by atoms with Gasteiger partial charge in [-0.25, -0.2) is 0 Å². The van der Waals surface area contributed by atoms with Gasteiger partial charge in [-0.15, -0.1) is 0 Å². The van der Waals surface area contributed by atoms with Crippen molar-refractivity contribution in [1.29, 1.82) is 0 Å². The molecule has 3 atom stereocenters. The van der Waals surface area contributed by atoms with E-state index < -0.39 is 6.04 Å². The minimum absolute atomic E-state index is 0.0349. The highest BCUT2D eigenvalue weighted by molar-refractivity contribution is 5.81. The predicted octanol–water partition coefficient (Wildman–Crippen LogP) is -0.0320. The van der Waals surface area contributed by atoms with Crippen LogP contribution < -0.4 is 5.73 Å². The molecule has 0 bridgehead atoms. The van der Waals surface area contributed by atoms with Crippen molar-refractivity contribution in [2.75, 3.05) is 19.7 Å². The van der Waals surface area contributed by atoms with Crippen molar-refractivity contribution in [2.45, 2.75) is 45.4 Å². The molecule has 100 valence electrons. The maximum absolute atomic E-state index is 12.1. The van der Waals surface area contributed by atoms with Gasteiger partial charge in [0.15, 0.2) is 0 Å². The monoisotopic (exact) mass is 244 g/mol. The molecule has 1 saturated heterocycles. The van der Waals surface area contributed by atoms with Crippen molar-refractivity contribution in [3.8, 4) is 0 Å². The quantitative estimate of drug-likeness (QED) is 0.728. The summed E-state index contributed by atoms with van der Waals surface area (Å²) in [4.78, 5) is 13.8. The molecule has 17 heavy (non-hydrogen) atoms. The smallest absolute Gasteiger partial charge is 0.239 e. The van der Waals surface area contributed by atoms with Gasteiger partial charge in [-0.05, 0) is 19.3 Å². The number of hydrogen-bond acceptors (Lipinski definition) is 4. The van der Waals surface area contributed by atoms with Crippen LogP contribution in [0.1, 0.15) is 27.2 Å². The highest BCUT2D eigenvalue weighted by atomic mass is 16.5.